The molecule has 1 aromatic carbocycles. The standard InChI is InChI=1S/C16H17N3O4S.C2H5NO2/c1-8-7-24-15-11(14(21)19(15)12(8)16(22)23)18-13(20)10(17)9-5-3-2-4-6-9;3-1-2(4)5/h2-6,10-11,15H,7,17H2,1H3,(H,18,20)(H,22,23);1,3H2,(H,4,5)/t10-,11-,15-;/m1./s1. The van der Waals surface area contributed by atoms with Crippen LogP contribution in [-0.2, 0) is 19.2 Å². The molecular weight excluding hydrogens is 400 g/mol. The van der Waals surface area contributed by atoms with Crippen LogP contribution in [0.5, 0.6) is 0 Å². The molecule has 2 aliphatic rings. The Morgan fingerprint density at radius 1 is 1.28 bits per heavy atom. The number of fused-ring (bicyclic) bond motifs is 1. The molecule has 0 saturated carbocycles. The molecule has 3 atom stereocenters. The van der Waals surface area contributed by atoms with Crippen LogP contribution < -0.4 is 16.8 Å². The van der Waals surface area contributed by atoms with Crippen molar-refractivity contribution in [1.29, 1.82) is 0 Å². The third-order valence-electron chi connectivity index (χ3n) is 4.27. The van der Waals surface area contributed by atoms with E-state index in [1.165, 1.54) is 16.7 Å². The molecule has 10 nitrogen and oxygen atoms in total. The maximum Gasteiger partial charge on any atom is 0.352 e. The zero-order valence-corrected chi connectivity index (χ0v) is 16.4. The largest absolute Gasteiger partial charge is 0.480 e. The number of nitrogens with zero attached hydrogens (tertiary/aromatic N) is 1. The van der Waals surface area contributed by atoms with Crippen LogP contribution in [-0.4, -0.2) is 62.6 Å². The van der Waals surface area contributed by atoms with Gasteiger partial charge in [0.15, 0.2) is 0 Å². The van der Waals surface area contributed by atoms with Gasteiger partial charge in [0.05, 0.1) is 6.54 Å². The zero-order valence-electron chi connectivity index (χ0n) is 15.6. The summed E-state index contributed by atoms with van der Waals surface area (Å²) in [6, 6.07) is 7.23. The average Bonchev–Trinajstić information content (AvgIpc) is 2.71. The van der Waals surface area contributed by atoms with Crippen LogP contribution >= 0.6 is 11.8 Å². The number of nitrogens with two attached hydrogens (primary N) is 2. The molecule has 0 unspecified atom stereocenters. The molecule has 1 fully saturated rings. The van der Waals surface area contributed by atoms with Gasteiger partial charge < -0.3 is 27.0 Å². The first kappa shape index (κ1) is 22.4. The van der Waals surface area contributed by atoms with E-state index in [4.69, 9.17) is 10.8 Å². The molecule has 2 amide bonds. The molecule has 156 valence electrons. The fourth-order valence-electron chi connectivity index (χ4n) is 2.83. The van der Waals surface area contributed by atoms with Crippen LogP contribution in [0.4, 0.5) is 0 Å². The average molecular weight is 422 g/mol. The van der Waals surface area contributed by atoms with Gasteiger partial charge in [0, 0.05) is 5.75 Å². The van der Waals surface area contributed by atoms with E-state index < -0.39 is 41.2 Å². The van der Waals surface area contributed by atoms with Crippen molar-refractivity contribution in [1.82, 2.24) is 10.2 Å². The number of carboxylic acids is 2. The summed E-state index contributed by atoms with van der Waals surface area (Å²) >= 11 is 1.43. The van der Waals surface area contributed by atoms with E-state index in [1.807, 2.05) is 6.07 Å². The predicted octanol–water partition coefficient (Wildman–Crippen LogP) is -0.525. The highest BCUT2D eigenvalue weighted by molar-refractivity contribution is 8.00. The molecule has 2 heterocycles. The lowest BCUT2D eigenvalue weighted by Crippen LogP contribution is -2.71. The number of rotatable bonds is 5. The normalized spacial score (nSPS) is 21.2. The number of aliphatic carboxylic acids is 2. The molecule has 0 radical (unpaired) electrons. The first-order chi connectivity index (χ1) is 13.7. The summed E-state index contributed by atoms with van der Waals surface area (Å²) in [5.41, 5.74) is 11.8. The van der Waals surface area contributed by atoms with Crippen molar-refractivity contribution in [2.75, 3.05) is 12.3 Å². The van der Waals surface area contributed by atoms with Crippen LogP contribution in [0.1, 0.15) is 18.5 Å². The molecule has 7 N–H and O–H groups in total. The minimum Gasteiger partial charge on any atom is -0.480 e. The van der Waals surface area contributed by atoms with Crippen molar-refractivity contribution in [2.24, 2.45) is 11.5 Å². The van der Waals surface area contributed by atoms with E-state index in [-0.39, 0.29) is 12.2 Å². The predicted molar refractivity (Wildman–Crippen MR) is 105 cm³/mol. The minimum atomic E-state index is -1.13. The zero-order chi connectivity index (χ0) is 21.7. The molecule has 0 bridgehead atoms. The summed E-state index contributed by atoms with van der Waals surface area (Å²) in [7, 11) is 0. The van der Waals surface area contributed by atoms with Gasteiger partial charge in [-0.05, 0) is 18.1 Å². The quantitative estimate of drug-likeness (QED) is 0.391. The number of carbonyl (C=O) groups is 4. The van der Waals surface area contributed by atoms with Crippen molar-refractivity contribution >= 4 is 35.5 Å². The number of β-lactam (4-membered cyclic amide) rings is 1. The van der Waals surface area contributed by atoms with Crippen LogP contribution in [0.25, 0.3) is 0 Å². The SMILES string of the molecule is CC1=C(C(=O)O)N2C(=O)[C@@H](NC(=O)[C@H](N)c3ccccc3)[C@H]2SC1.NCC(=O)O. The molecular formula is C18H22N4O6S. The monoisotopic (exact) mass is 422 g/mol. The lowest BCUT2D eigenvalue weighted by molar-refractivity contribution is -0.150. The van der Waals surface area contributed by atoms with Crippen LogP contribution in [0.3, 0.4) is 0 Å². The second-order valence-electron chi connectivity index (χ2n) is 6.32. The number of thioether (sulfide) groups is 1. The molecule has 0 aromatic heterocycles. The topological polar surface area (TPSA) is 176 Å². The molecule has 29 heavy (non-hydrogen) atoms. The number of hydrogen-bond donors (Lipinski definition) is 5. The van der Waals surface area contributed by atoms with Crippen molar-refractivity contribution < 1.29 is 29.4 Å². The number of amides is 2. The number of carboxylic acid groups (broad SMARTS) is 2. The number of benzene rings is 1. The van der Waals surface area contributed by atoms with E-state index >= 15 is 0 Å². The third kappa shape index (κ3) is 4.94. The third-order valence-corrected chi connectivity index (χ3v) is 5.70. The summed E-state index contributed by atoms with van der Waals surface area (Å²) in [6.07, 6.45) is 0. The van der Waals surface area contributed by atoms with Gasteiger partial charge >= 0.3 is 11.9 Å². The highest BCUT2D eigenvalue weighted by Gasteiger charge is 2.53. The van der Waals surface area contributed by atoms with E-state index in [9.17, 15) is 24.3 Å². The van der Waals surface area contributed by atoms with Gasteiger partial charge in [0.1, 0.15) is 23.2 Å². The Labute approximate surface area is 170 Å². The fourth-order valence-corrected chi connectivity index (χ4v) is 4.12. The lowest BCUT2D eigenvalue weighted by Gasteiger charge is -2.49. The summed E-state index contributed by atoms with van der Waals surface area (Å²) in [5.74, 6) is -2.46. The fraction of sp³-hybridized carbons (Fsp3) is 0.333. The maximum absolute atomic E-state index is 12.3. The highest BCUT2D eigenvalue weighted by Crippen LogP contribution is 2.40. The van der Waals surface area contributed by atoms with Crippen molar-refractivity contribution in [3.05, 3.63) is 47.2 Å². The van der Waals surface area contributed by atoms with Crippen LogP contribution in [0, 0.1) is 0 Å². The van der Waals surface area contributed by atoms with Gasteiger partial charge in [0.2, 0.25) is 5.91 Å². The molecule has 1 aromatic rings. The first-order valence-corrected chi connectivity index (χ1v) is 9.64. The molecule has 3 rings (SSSR count). The molecule has 1 saturated heterocycles. The van der Waals surface area contributed by atoms with Crippen molar-refractivity contribution in [3.63, 3.8) is 0 Å². The lowest BCUT2D eigenvalue weighted by atomic mass is 10.0. The van der Waals surface area contributed by atoms with E-state index in [1.54, 1.807) is 31.2 Å². The Bertz CT molecular complexity index is 844. The minimum absolute atomic E-state index is 0.0154. The molecule has 0 spiro atoms. The summed E-state index contributed by atoms with van der Waals surface area (Å²) in [6.45, 7) is 1.41. The summed E-state index contributed by atoms with van der Waals surface area (Å²) < 4.78 is 0. The van der Waals surface area contributed by atoms with Crippen molar-refractivity contribution in [3.8, 4) is 0 Å². The van der Waals surface area contributed by atoms with Crippen molar-refractivity contribution in [2.45, 2.75) is 24.4 Å². The van der Waals surface area contributed by atoms with Gasteiger partial charge in [-0.15, -0.1) is 11.8 Å². The van der Waals surface area contributed by atoms with Crippen LogP contribution in [0.2, 0.25) is 0 Å². The number of hydrogen-bond acceptors (Lipinski definition) is 7. The highest BCUT2D eigenvalue weighted by atomic mass is 32.2. The Kier molecular flexibility index (Phi) is 7.37. The number of nitrogens with one attached hydrogen (secondary N) is 1. The Morgan fingerprint density at radius 2 is 1.86 bits per heavy atom. The first-order valence-electron chi connectivity index (χ1n) is 8.59. The van der Waals surface area contributed by atoms with E-state index in [0.717, 1.165) is 0 Å². The number of carbonyl (C=O) groups excluding carboxylic acids is 2. The van der Waals surface area contributed by atoms with Gasteiger partial charge in [-0.2, -0.15) is 0 Å². The Morgan fingerprint density at radius 3 is 2.38 bits per heavy atom. The second-order valence-corrected chi connectivity index (χ2v) is 7.42. The maximum atomic E-state index is 12.3. The second kappa shape index (κ2) is 9.54. The van der Waals surface area contributed by atoms with Gasteiger partial charge in [-0.25, -0.2) is 4.79 Å². The summed E-state index contributed by atoms with van der Waals surface area (Å²) in [4.78, 5) is 46.5. The molecule has 2 aliphatic heterocycles. The van der Waals surface area contributed by atoms with Gasteiger partial charge in [-0.1, -0.05) is 30.3 Å². The van der Waals surface area contributed by atoms with E-state index in [2.05, 4.69) is 11.1 Å². The Balaban J connectivity index is 0.000000537. The van der Waals surface area contributed by atoms with Crippen LogP contribution in [0.15, 0.2) is 41.6 Å². The Hall–Kier alpha value is -2.89. The van der Waals surface area contributed by atoms with Gasteiger partial charge in [-0.3, -0.25) is 19.3 Å². The summed E-state index contributed by atoms with van der Waals surface area (Å²) in [5, 5.41) is 19.1. The van der Waals surface area contributed by atoms with E-state index in [0.29, 0.717) is 16.9 Å². The smallest absolute Gasteiger partial charge is 0.352 e. The van der Waals surface area contributed by atoms with Gasteiger partial charge in [0.25, 0.3) is 5.91 Å². The molecule has 0 aliphatic carbocycles. The molecule has 11 heteroatoms.